The minimum atomic E-state index is -0.788. The number of amides is 2. The third-order valence-electron chi connectivity index (χ3n) is 4.89. The highest BCUT2D eigenvalue weighted by Crippen LogP contribution is 2.32. The highest BCUT2D eigenvalue weighted by atomic mass is 16.2. The normalized spacial score (nSPS) is 11.1. The number of hydrogen-bond acceptors (Lipinski definition) is 3. The molecule has 1 aromatic heterocycles. The molecule has 1 aromatic carbocycles. The third-order valence-corrected chi connectivity index (χ3v) is 4.89. The number of para-hydroxylation sites is 1. The molecule has 0 unspecified atom stereocenters. The molecule has 0 bridgehead atoms. The maximum Gasteiger partial charge on any atom is 0.264 e. The zero-order valence-electron chi connectivity index (χ0n) is 17.4. The number of nitrogens with one attached hydrogen (secondary N) is 1. The van der Waals surface area contributed by atoms with Gasteiger partial charge in [0.25, 0.3) is 11.5 Å². The lowest BCUT2D eigenvalue weighted by molar-refractivity contribution is -0.116. The Morgan fingerprint density at radius 2 is 1.61 bits per heavy atom. The van der Waals surface area contributed by atoms with E-state index in [0.29, 0.717) is 11.3 Å². The van der Waals surface area contributed by atoms with Crippen molar-refractivity contribution in [1.29, 1.82) is 0 Å². The largest absolute Gasteiger partial charge is 0.365 e. The van der Waals surface area contributed by atoms with Crippen molar-refractivity contribution < 1.29 is 9.59 Å². The van der Waals surface area contributed by atoms with Crippen LogP contribution in [-0.2, 0) is 11.3 Å². The molecule has 2 rings (SSSR count). The summed E-state index contributed by atoms with van der Waals surface area (Å²) in [6.45, 7) is 11.5. The molecule has 0 spiro atoms. The summed E-state index contributed by atoms with van der Waals surface area (Å²) in [7, 11) is 0. The van der Waals surface area contributed by atoms with Crippen LogP contribution in [0.3, 0.4) is 0 Å². The molecule has 150 valence electrons. The van der Waals surface area contributed by atoms with Crippen molar-refractivity contribution in [3.05, 3.63) is 62.6 Å². The van der Waals surface area contributed by atoms with Gasteiger partial charge in [-0.1, -0.05) is 45.9 Å². The van der Waals surface area contributed by atoms with Crippen LogP contribution in [0.4, 0.5) is 5.69 Å². The summed E-state index contributed by atoms with van der Waals surface area (Å²) in [5.74, 6) is -0.637. The third kappa shape index (κ3) is 4.32. The van der Waals surface area contributed by atoms with E-state index in [2.05, 4.69) is 33.0 Å². The Kier molecular flexibility index (Phi) is 6.44. The molecule has 2 amide bonds. The number of nitrogens with two attached hydrogens (primary N) is 1. The van der Waals surface area contributed by atoms with Gasteiger partial charge in [-0.25, -0.2) is 0 Å². The second-order valence-corrected chi connectivity index (χ2v) is 7.77. The Morgan fingerprint density at radius 1 is 1.07 bits per heavy atom. The fraction of sp³-hybridized carbons (Fsp3) is 0.409. The van der Waals surface area contributed by atoms with E-state index in [1.54, 1.807) is 19.9 Å². The van der Waals surface area contributed by atoms with Crippen LogP contribution in [0.25, 0.3) is 0 Å². The molecule has 0 aliphatic rings. The topological polar surface area (TPSA) is 94.2 Å². The van der Waals surface area contributed by atoms with Crippen molar-refractivity contribution in [3.63, 3.8) is 0 Å². The molecule has 6 heteroatoms. The van der Waals surface area contributed by atoms with Gasteiger partial charge < -0.3 is 15.6 Å². The number of carbonyl (C=O) groups excluding carboxylic acids is 2. The van der Waals surface area contributed by atoms with E-state index in [1.807, 2.05) is 18.2 Å². The quantitative estimate of drug-likeness (QED) is 0.800. The monoisotopic (exact) mass is 383 g/mol. The highest BCUT2D eigenvalue weighted by molar-refractivity contribution is 5.95. The number of primary amides is 1. The number of nitrogens with zero attached hydrogens (tertiary/aromatic N) is 1. The van der Waals surface area contributed by atoms with Gasteiger partial charge >= 0.3 is 0 Å². The molecule has 0 atom stereocenters. The summed E-state index contributed by atoms with van der Waals surface area (Å²) in [5.41, 5.74) is 8.73. The standard InChI is InChI=1S/C22H29N3O3/c1-12(2)16-8-7-9-17(13(3)4)20(16)24-18(26)11-25-15(6)10-14(5)19(21(23)27)22(25)28/h7-10,12-13H,11H2,1-6H3,(H2,23,27)(H,24,26). The second-order valence-electron chi connectivity index (χ2n) is 7.77. The van der Waals surface area contributed by atoms with Gasteiger partial charge in [0.15, 0.2) is 0 Å². The molecule has 28 heavy (non-hydrogen) atoms. The molecule has 6 nitrogen and oxygen atoms in total. The van der Waals surface area contributed by atoms with Gasteiger partial charge in [-0.3, -0.25) is 14.4 Å². The van der Waals surface area contributed by atoms with E-state index in [-0.39, 0.29) is 29.9 Å². The molecule has 0 aliphatic heterocycles. The lowest BCUT2D eigenvalue weighted by Crippen LogP contribution is -2.35. The zero-order valence-corrected chi connectivity index (χ0v) is 17.4. The zero-order chi connectivity index (χ0) is 21.2. The lowest BCUT2D eigenvalue weighted by Gasteiger charge is -2.21. The first-order valence-corrected chi connectivity index (χ1v) is 9.48. The number of aromatic nitrogens is 1. The molecule has 0 radical (unpaired) electrons. The van der Waals surface area contributed by atoms with Crippen molar-refractivity contribution >= 4 is 17.5 Å². The molecule has 0 saturated heterocycles. The molecule has 0 saturated carbocycles. The van der Waals surface area contributed by atoms with Gasteiger partial charge in [0.05, 0.1) is 0 Å². The number of rotatable bonds is 6. The Balaban J connectivity index is 2.43. The SMILES string of the molecule is Cc1cc(C)n(CC(=O)Nc2c(C(C)C)cccc2C(C)C)c(=O)c1C(N)=O. The highest BCUT2D eigenvalue weighted by Gasteiger charge is 2.19. The predicted molar refractivity (Wildman–Crippen MR) is 112 cm³/mol. The average molecular weight is 383 g/mol. The Morgan fingerprint density at radius 3 is 2.07 bits per heavy atom. The molecule has 2 aromatic rings. The maximum atomic E-state index is 12.8. The molecular weight excluding hydrogens is 354 g/mol. The van der Waals surface area contributed by atoms with Gasteiger partial charge in [-0.05, 0) is 48.4 Å². The first-order valence-electron chi connectivity index (χ1n) is 9.48. The summed E-state index contributed by atoms with van der Waals surface area (Å²) >= 11 is 0. The van der Waals surface area contributed by atoms with E-state index < -0.39 is 11.5 Å². The molecule has 3 N–H and O–H groups in total. The van der Waals surface area contributed by atoms with Gasteiger partial charge in [0, 0.05) is 11.4 Å². The van der Waals surface area contributed by atoms with Crippen LogP contribution in [0.2, 0.25) is 0 Å². The van der Waals surface area contributed by atoms with E-state index >= 15 is 0 Å². The van der Waals surface area contributed by atoms with Crippen LogP contribution in [0.5, 0.6) is 0 Å². The van der Waals surface area contributed by atoms with Crippen LogP contribution < -0.4 is 16.6 Å². The first kappa shape index (κ1) is 21.4. The maximum absolute atomic E-state index is 12.8. The summed E-state index contributed by atoms with van der Waals surface area (Å²) in [6.07, 6.45) is 0. The van der Waals surface area contributed by atoms with Gasteiger partial charge in [-0.2, -0.15) is 0 Å². The van der Waals surface area contributed by atoms with Gasteiger partial charge in [-0.15, -0.1) is 0 Å². The van der Waals surface area contributed by atoms with Crippen molar-refractivity contribution in [1.82, 2.24) is 4.57 Å². The Hall–Kier alpha value is -2.89. The minimum absolute atomic E-state index is 0.0798. The molecule has 1 heterocycles. The fourth-order valence-electron chi connectivity index (χ4n) is 3.44. The van der Waals surface area contributed by atoms with Crippen LogP contribution in [0.1, 0.15) is 72.3 Å². The minimum Gasteiger partial charge on any atom is -0.365 e. The number of carbonyl (C=O) groups is 2. The fourth-order valence-corrected chi connectivity index (χ4v) is 3.44. The molecule has 0 aliphatic carbocycles. The van der Waals surface area contributed by atoms with Crippen LogP contribution in [0.15, 0.2) is 29.1 Å². The summed E-state index contributed by atoms with van der Waals surface area (Å²) in [6, 6.07) is 7.69. The van der Waals surface area contributed by atoms with Crippen LogP contribution in [0, 0.1) is 13.8 Å². The van der Waals surface area contributed by atoms with E-state index in [9.17, 15) is 14.4 Å². The Bertz CT molecular complexity index is 945. The smallest absolute Gasteiger partial charge is 0.264 e. The second kappa shape index (κ2) is 8.42. The number of pyridine rings is 1. The number of aryl methyl sites for hydroxylation is 2. The van der Waals surface area contributed by atoms with Crippen LogP contribution >= 0.6 is 0 Å². The van der Waals surface area contributed by atoms with Crippen LogP contribution in [-0.4, -0.2) is 16.4 Å². The average Bonchev–Trinajstić information content (AvgIpc) is 2.57. The molecule has 0 fully saturated rings. The van der Waals surface area contributed by atoms with Crippen molar-refractivity contribution in [2.75, 3.05) is 5.32 Å². The first-order chi connectivity index (χ1) is 13.0. The lowest BCUT2D eigenvalue weighted by atomic mass is 9.92. The summed E-state index contributed by atoms with van der Waals surface area (Å²) in [4.78, 5) is 37.1. The van der Waals surface area contributed by atoms with E-state index in [1.165, 1.54) is 4.57 Å². The number of anilines is 1. The van der Waals surface area contributed by atoms with Gasteiger partial charge in [0.2, 0.25) is 5.91 Å². The van der Waals surface area contributed by atoms with E-state index in [4.69, 9.17) is 5.73 Å². The van der Waals surface area contributed by atoms with Crippen molar-refractivity contribution in [2.24, 2.45) is 5.73 Å². The number of hydrogen-bond donors (Lipinski definition) is 2. The van der Waals surface area contributed by atoms with Crippen molar-refractivity contribution in [3.8, 4) is 0 Å². The summed E-state index contributed by atoms with van der Waals surface area (Å²) in [5, 5.41) is 2.99. The molecular formula is C22H29N3O3. The van der Waals surface area contributed by atoms with Crippen molar-refractivity contribution in [2.45, 2.75) is 59.9 Å². The summed E-state index contributed by atoms with van der Waals surface area (Å²) < 4.78 is 1.29. The number of benzene rings is 1. The predicted octanol–water partition coefficient (Wildman–Crippen LogP) is 3.45. The Labute approximate surface area is 165 Å². The van der Waals surface area contributed by atoms with Gasteiger partial charge in [0.1, 0.15) is 12.1 Å². The van der Waals surface area contributed by atoms with E-state index in [0.717, 1.165) is 16.8 Å².